The van der Waals surface area contributed by atoms with Crippen LogP contribution in [-0.2, 0) is 0 Å². The van der Waals surface area contributed by atoms with E-state index in [0.717, 1.165) is 3.79 Å². The quantitative estimate of drug-likeness (QED) is 0.861. The molecule has 1 aromatic carbocycles. The van der Waals surface area contributed by atoms with Gasteiger partial charge in [-0.3, -0.25) is 9.59 Å². The van der Waals surface area contributed by atoms with Crippen molar-refractivity contribution in [2.75, 3.05) is 5.32 Å². The maximum Gasteiger partial charge on any atom is 0.256 e. The van der Waals surface area contributed by atoms with Crippen LogP contribution in [0.2, 0.25) is 0 Å². The lowest BCUT2D eigenvalue weighted by molar-refractivity contribution is 0.0942. The molecule has 0 saturated carbocycles. The lowest BCUT2D eigenvalue weighted by Gasteiger charge is -2.10. The fraction of sp³-hybridized carbons (Fsp3) is 0.200. The van der Waals surface area contributed by atoms with Gasteiger partial charge in [0.1, 0.15) is 0 Å². The Bertz CT molecular complexity index is 667. The number of nitrogens with one attached hydrogen (secondary N) is 2. The van der Waals surface area contributed by atoms with Crippen molar-refractivity contribution in [2.45, 2.75) is 19.9 Å². The maximum absolute atomic E-state index is 12.1. The zero-order valence-electron chi connectivity index (χ0n) is 11.6. The zero-order chi connectivity index (χ0) is 15.4. The summed E-state index contributed by atoms with van der Waals surface area (Å²) in [6.45, 7) is 3.80. The third-order valence-electron chi connectivity index (χ3n) is 2.63. The van der Waals surface area contributed by atoms with E-state index in [-0.39, 0.29) is 17.9 Å². The first kappa shape index (κ1) is 15.7. The molecule has 0 aliphatic heterocycles. The average Bonchev–Trinajstić information content (AvgIpc) is 2.85. The van der Waals surface area contributed by atoms with Crippen molar-refractivity contribution in [2.24, 2.45) is 0 Å². The number of benzene rings is 1. The van der Waals surface area contributed by atoms with Gasteiger partial charge in [0.25, 0.3) is 11.8 Å². The van der Waals surface area contributed by atoms with Crippen LogP contribution in [0.25, 0.3) is 0 Å². The van der Waals surface area contributed by atoms with E-state index in [9.17, 15) is 9.59 Å². The minimum Gasteiger partial charge on any atom is -0.350 e. The Morgan fingerprint density at radius 2 is 1.90 bits per heavy atom. The van der Waals surface area contributed by atoms with Crippen molar-refractivity contribution < 1.29 is 9.59 Å². The van der Waals surface area contributed by atoms with Gasteiger partial charge in [0.15, 0.2) is 0 Å². The van der Waals surface area contributed by atoms with Gasteiger partial charge in [-0.2, -0.15) is 0 Å². The van der Waals surface area contributed by atoms with Gasteiger partial charge in [0, 0.05) is 22.7 Å². The third-order valence-corrected chi connectivity index (χ3v) is 4.14. The Kier molecular flexibility index (Phi) is 5.14. The fourth-order valence-electron chi connectivity index (χ4n) is 1.72. The Balaban J connectivity index is 2.11. The van der Waals surface area contributed by atoms with E-state index in [0.29, 0.717) is 16.8 Å². The summed E-state index contributed by atoms with van der Waals surface area (Å²) in [5.74, 6) is -0.349. The highest BCUT2D eigenvalue weighted by Crippen LogP contribution is 2.21. The van der Waals surface area contributed by atoms with Crippen molar-refractivity contribution >= 4 is 44.8 Å². The SMILES string of the molecule is CC(C)NC(=O)c1cccc(NC(=O)c2csc(Br)c2)c1. The molecular formula is C15H15BrN2O2S. The third kappa shape index (κ3) is 4.41. The number of halogens is 1. The Morgan fingerprint density at radius 3 is 2.52 bits per heavy atom. The molecule has 0 aliphatic rings. The van der Waals surface area contributed by atoms with Gasteiger partial charge in [0.05, 0.1) is 9.35 Å². The summed E-state index contributed by atoms with van der Waals surface area (Å²) in [5, 5.41) is 7.38. The standard InChI is InChI=1S/C15H15BrN2O2S/c1-9(2)17-14(19)10-4-3-5-12(6-10)18-15(20)11-7-13(16)21-8-11/h3-9H,1-2H3,(H,17,19)(H,18,20). The van der Waals surface area contributed by atoms with E-state index in [1.807, 2.05) is 13.8 Å². The molecule has 0 atom stereocenters. The van der Waals surface area contributed by atoms with Crippen LogP contribution < -0.4 is 10.6 Å². The van der Waals surface area contributed by atoms with Crippen LogP contribution in [0.4, 0.5) is 5.69 Å². The Hall–Kier alpha value is -1.66. The molecule has 2 aromatic rings. The summed E-state index contributed by atoms with van der Waals surface area (Å²) in [5.41, 5.74) is 1.70. The monoisotopic (exact) mass is 366 g/mol. The molecule has 0 bridgehead atoms. The number of hydrogen-bond donors (Lipinski definition) is 2. The first-order valence-corrected chi connectivity index (χ1v) is 8.09. The summed E-state index contributed by atoms with van der Waals surface area (Å²) < 4.78 is 0.901. The zero-order valence-corrected chi connectivity index (χ0v) is 14.0. The molecule has 0 unspecified atom stereocenters. The number of carbonyl (C=O) groups excluding carboxylic acids is 2. The molecule has 1 aromatic heterocycles. The minimum atomic E-state index is -0.196. The van der Waals surface area contributed by atoms with Crippen molar-refractivity contribution in [1.82, 2.24) is 5.32 Å². The fourth-order valence-corrected chi connectivity index (χ4v) is 2.85. The van der Waals surface area contributed by atoms with Gasteiger partial charge in [-0.05, 0) is 54.0 Å². The van der Waals surface area contributed by atoms with E-state index in [4.69, 9.17) is 0 Å². The predicted molar refractivity (Wildman–Crippen MR) is 89.0 cm³/mol. The van der Waals surface area contributed by atoms with Crippen LogP contribution in [0.1, 0.15) is 34.6 Å². The first-order chi connectivity index (χ1) is 9.95. The number of carbonyl (C=O) groups is 2. The van der Waals surface area contributed by atoms with Crippen LogP contribution in [0, 0.1) is 0 Å². The molecule has 21 heavy (non-hydrogen) atoms. The summed E-state index contributed by atoms with van der Waals surface area (Å²) in [7, 11) is 0. The molecule has 4 nitrogen and oxygen atoms in total. The lowest BCUT2D eigenvalue weighted by atomic mass is 10.1. The summed E-state index contributed by atoms with van der Waals surface area (Å²) in [6.07, 6.45) is 0. The first-order valence-electron chi connectivity index (χ1n) is 6.42. The summed E-state index contributed by atoms with van der Waals surface area (Å²) in [4.78, 5) is 24.0. The van der Waals surface area contributed by atoms with Gasteiger partial charge in [-0.1, -0.05) is 6.07 Å². The predicted octanol–water partition coefficient (Wildman–Crippen LogP) is 3.90. The van der Waals surface area contributed by atoms with Crippen molar-refractivity contribution in [3.8, 4) is 0 Å². The number of anilines is 1. The summed E-state index contributed by atoms with van der Waals surface area (Å²) in [6, 6.07) is 8.71. The second kappa shape index (κ2) is 6.87. The van der Waals surface area contributed by atoms with Crippen LogP contribution in [0.15, 0.2) is 39.5 Å². The van der Waals surface area contributed by atoms with Crippen LogP contribution in [-0.4, -0.2) is 17.9 Å². The maximum atomic E-state index is 12.1. The van der Waals surface area contributed by atoms with Crippen LogP contribution >= 0.6 is 27.3 Å². The summed E-state index contributed by atoms with van der Waals surface area (Å²) >= 11 is 4.77. The molecule has 1 heterocycles. The van der Waals surface area contributed by atoms with Crippen LogP contribution in [0.5, 0.6) is 0 Å². The molecule has 2 rings (SSSR count). The molecule has 0 aliphatic carbocycles. The molecule has 6 heteroatoms. The number of rotatable bonds is 4. The Morgan fingerprint density at radius 1 is 1.14 bits per heavy atom. The highest BCUT2D eigenvalue weighted by molar-refractivity contribution is 9.11. The van der Waals surface area contributed by atoms with Crippen molar-refractivity contribution in [3.63, 3.8) is 0 Å². The molecule has 0 saturated heterocycles. The smallest absolute Gasteiger partial charge is 0.256 e. The van der Waals surface area contributed by atoms with Gasteiger partial charge in [0.2, 0.25) is 0 Å². The molecule has 0 fully saturated rings. The van der Waals surface area contributed by atoms with Crippen molar-refractivity contribution in [1.29, 1.82) is 0 Å². The lowest BCUT2D eigenvalue weighted by Crippen LogP contribution is -2.30. The molecule has 110 valence electrons. The largest absolute Gasteiger partial charge is 0.350 e. The Labute approximate surface area is 135 Å². The van der Waals surface area contributed by atoms with Gasteiger partial charge >= 0.3 is 0 Å². The normalized spacial score (nSPS) is 10.5. The van der Waals surface area contributed by atoms with E-state index in [1.54, 1.807) is 35.7 Å². The minimum absolute atomic E-state index is 0.0684. The molecule has 0 spiro atoms. The van der Waals surface area contributed by atoms with E-state index >= 15 is 0 Å². The van der Waals surface area contributed by atoms with Gasteiger partial charge in [-0.25, -0.2) is 0 Å². The van der Waals surface area contributed by atoms with E-state index in [2.05, 4.69) is 26.6 Å². The average molecular weight is 367 g/mol. The van der Waals surface area contributed by atoms with E-state index in [1.165, 1.54) is 11.3 Å². The highest BCUT2D eigenvalue weighted by atomic mass is 79.9. The highest BCUT2D eigenvalue weighted by Gasteiger charge is 2.11. The molecule has 0 radical (unpaired) electrons. The second-order valence-corrected chi connectivity index (χ2v) is 7.09. The topological polar surface area (TPSA) is 58.2 Å². The van der Waals surface area contributed by atoms with Gasteiger partial charge < -0.3 is 10.6 Å². The number of hydrogen-bond acceptors (Lipinski definition) is 3. The number of thiophene rings is 1. The van der Waals surface area contributed by atoms with E-state index < -0.39 is 0 Å². The molecule has 2 N–H and O–H groups in total. The van der Waals surface area contributed by atoms with Crippen molar-refractivity contribution in [3.05, 3.63) is 50.6 Å². The number of amides is 2. The molecular weight excluding hydrogens is 352 g/mol. The van der Waals surface area contributed by atoms with Crippen LogP contribution in [0.3, 0.4) is 0 Å². The second-order valence-electron chi connectivity index (χ2n) is 4.80. The molecule has 2 amide bonds. The van der Waals surface area contributed by atoms with Gasteiger partial charge in [-0.15, -0.1) is 11.3 Å².